The van der Waals surface area contributed by atoms with Crippen molar-refractivity contribution >= 4 is 11.9 Å². The first kappa shape index (κ1) is 22.4. The second-order valence-electron chi connectivity index (χ2n) is 7.73. The Kier molecular flexibility index (Phi) is 6.67. The first-order valence-corrected chi connectivity index (χ1v) is 10.8. The number of carbonyl (C=O) groups is 2. The fourth-order valence-corrected chi connectivity index (χ4v) is 3.90. The zero-order valence-corrected chi connectivity index (χ0v) is 18.5. The Morgan fingerprint density at radius 1 is 1.18 bits per heavy atom. The number of piperidine rings is 1. The first-order chi connectivity index (χ1) is 16.0. The van der Waals surface area contributed by atoms with E-state index in [-0.39, 0.29) is 29.3 Å². The molecule has 1 amide bonds. The van der Waals surface area contributed by atoms with Gasteiger partial charge in [-0.05, 0) is 56.2 Å². The van der Waals surface area contributed by atoms with E-state index in [0.717, 1.165) is 0 Å². The van der Waals surface area contributed by atoms with Gasteiger partial charge in [0, 0.05) is 24.7 Å². The predicted octanol–water partition coefficient (Wildman–Crippen LogP) is 3.50. The summed E-state index contributed by atoms with van der Waals surface area (Å²) in [7, 11) is 1.53. The zero-order valence-electron chi connectivity index (χ0n) is 18.5. The SMILES string of the molecule is CCOC(=O)C1CCCN(C(=O)c2cc(-c3ccc(F)cc3)n(-c3ccc(OC)nc3)n2)C1. The number of carbonyl (C=O) groups excluding carboxylic acids is 2. The van der Waals surface area contributed by atoms with Gasteiger partial charge in [0.15, 0.2) is 5.69 Å². The number of amides is 1. The summed E-state index contributed by atoms with van der Waals surface area (Å²) < 4.78 is 25.4. The molecule has 2 aromatic heterocycles. The highest BCUT2D eigenvalue weighted by Crippen LogP contribution is 2.27. The summed E-state index contributed by atoms with van der Waals surface area (Å²) >= 11 is 0. The quantitative estimate of drug-likeness (QED) is 0.532. The zero-order chi connectivity index (χ0) is 23.4. The lowest BCUT2D eigenvalue weighted by Gasteiger charge is -2.31. The number of likely N-dealkylation sites (tertiary alicyclic amines) is 1. The molecule has 0 radical (unpaired) electrons. The molecule has 9 heteroatoms. The third-order valence-electron chi connectivity index (χ3n) is 5.57. The number of halogens is 1. The van der Waals surface area contributed by atoms with Crippen molar-refractivity contribution in [2.24, 2.45) is 5.92 Å². The molecule has 1 aromatic carbocycles. The van der Waals surface area contributed by atoms with Crippen LogP contribution in [0, 0.1) is 11.7 Å². The Hall–Kier alpha value is -3.75. The molecule has 1 saturated heterocycles. The van der Waals surface area contributed by atoms with Gasteiger partial charge in [-0.15, -0.1) is 0 Å². The van der Waals surface area contributed by atoms with Crippen LogP contribution in [0.5, 0.6) is 5.88 Å². The van der Waals surface area contributed by atoms with Gasteiger partial charge in [0.1, 0.15) is 5.82 Å². The lowest BCUT2D eigenvalue weighted by Crippen LogP contribution is -2.43. The van der Waals surface area contributed by atoms with Gasteiger partial charge in [-0.25, -0.2) is 14.1 Å². The Bertz CT molecular complexity index is 1130. The molecule has 1 atom stereocenters. The fraction of sp³-hybridized carbons (Fsp3) is 0.333. The molecule has 1 aliphatic heterocycles. The summed E-state index contributed by atoms with van der Waals surface area (Å²) in [6.45, 7) is 2.91. The second kappa shape index (κ2) is 9.81. The van der Waals surface area contributed by atoms with E-state index in [9.17, 15) is 14.0 Å². The first-order valence-electron chi connectivity index (χ1n) is 10.8. The molecule has 4 rings (SSSR count). The summed E-state index contributed by atoms with van der Waals surface area (Å²) in [6.07, 6.45) is 2.99. The Morgan fingerprint density at radius 2 is 1.97 bits per heavy atom. The Balaban J connectivity index is 1.67. The summed E-state index contributed by atoms with van der Waals surface area (Å²) in [5.74, 6) is -0.800. The average molecular weight is 452 g/mol. The fourth-order valence-electron chi connectivity index (χ4n) is 3.90. The van der Waals surface area contributed by atoms with Crippen LogP contribution >= 0.6 is 0 Å². The monoisotopic (exact) mass is 452 g/mol. The number of rotatable bonds is 6. The summed E-state index contributed by atoms with van der Waals surface area (Å²) in [5.41, 5.74) is 2.16. The van der Waals surface area contributed by atoms with Crippen LogP contribution in [0.2, 0.25) is 0 Å². The van der Waals surface area contributed by atoms with Crippen molar-refractivity contribution in [1.82, 2.24) is 19.7 Å². The molecule has 3 heterocycles. The largest absolute Gasteiger partial charge is 0.481 e. The van der Waals surface area contributed by atoms with Gasteiger partial charge in [-0.2, -0.15) is 5.10 Å². The van der Waals surface area contributed by atoms with E-state index >= 15 is 0 Å². The van der Waals surface area contributed by atoms with Crippen LogP contribution in [0.1, 0.15) is 30.3 Å². The van der Waals surface area contributed by atoms with E-state index < -0.39 is 0 Å². The van der Waals surface area contributed by atoms with Crippen LogP contribution in [0.4, 0.5) is 4.39 Å². The number of ether oxygens (including phenoxy) is 2. The second-order valence-corrected chi connectivity index (χ2v) is 7.73. The number of nitrogens with zero attached hydrogens (tertiary/aromatic N) is 4. The minimum Gasteiger partial charge on any atom is -0.481 e. The number of hydrogen-bond donors (Lipinski definition) is 0. The lowest BCUT2D eigenvalue weighted by atomic mass is 9.98. The molecule has 0 N–H and O–H groups in total. The van der Waals surface area contributed by atoms with Crippen molar-refractivity contribution in [3.63, 3.8) is 0 Å². The summed E-state index contributed by atoms with van der Waals surface area (Å²) in [6, 6.07) is 11.1. The van der Waals surface area contributed by atoms with Crippen molar-refractivity contribution in [2.75, 3.05) is 26.8 Å². The van der Waals surface area contributed by atoms with E-state index in [1.165, 1.54) is 19.2 Å². The van der Waals surface area contributed by atoms with E-state index in [2.05, 4.69) is 10.1 Å². The van der Waals surface area contributed by atoms with Crippen molar-refractivity contribution < 1.29 is 23.5 Å². The highest BCUT2D eigenvalue weighted by atomic mass is 19.1. The normalized spacial score (nSPS) is 15.8. The Morgan fingerprint density at radius 3 is 2.64 bits per heavy atom. The van der Waals surface area contributed by atoms with Gasteiger partial charge in [0.25, 0.3) is 5.91 Å². The van der Waals surface area contributed by atoms with Gasteiger partial charge in [0.2, 0.25) is 5.88 Å². The molecule has 172 valence electrons. The van der Waals surface area contributed by atoms with E-state index in [0.29, 0.717) is 55.4 Å². The molecule has 1 aliphatic rings. The van der Waals surface area contributed by atoms with Crippen LogP contribution in [0.25, 0.3) is 16.9 Å². The highest BCUT2D eigenvalue weighted by Gasteiger charge is 2.31. The van der Waals surface area contributed by atoms with Crippen molar-refractivity contribution in [1.29, 1.82) is 0 Å². The van der Waals surface area contributed by atoms with Crippen molar-refractivity contribution in [2.45, 2.75) is 19.8 Å². The molecule has 1 unspecified atom stereocenters. The third kappa shape index (κ3) is 4.87. The topological polar surface area (TPSA) is 86.5 Å². The minimum atomic E-state index is -0.356. The molecular formula is C24H25FN4O4. The van der Waals surface area contributed by atoms with Crippen LogP contribution in [0.3, 0.4) is 0 Å². The molecule has 0 bridgehead atoms. The third-order valence-corrected chi connectivity index (χ3v) is 5.57. The maximum Gasteiger partial charge on any atom is 0.310 e. The number of methoxy groups -OCH3 is 1. The van der Waals surface area contributed by atoms with Crippen molar-refractivity contribution in [3.8, 4) is 22.8 Å². The number of benzene rings is 1. The van der Waals surface area contributed by atoms with Crippen LogP contribution in [0.15, 0.2) is 48.7 Å². The van der Waals surface area contributed by atoms with Crippen molar-refractivity contribution in [3.05, 3.63) is 60.2 Å². The van der Waals surface area contributed by atoms with Gasteiger partial charge in [-0.1, -0.05) is 0 Å². The standard InChI is InChI=1S/C24H25FN4O4/c1-3-33-24(31)17-5-4-12-28(15-17)23(30)20-13-21(16-6-8-18(25)9-7-16)29(27-20)19-10-11-22(32-2)26-14-19/h6-11,13-14,17H,3-5,12,15H2,1-2H3. The summed E-state index contributed by atoms with van der Waals surface area (Å²) in [5, 5.41) is 4.55. The van der Waals surface area contributed by atoms with Gasteiger partial charge < -0.3 is 14.4 Å². The van der Waals surface area contributed by atoms with E-state index in [4.69, 9.17) is 9.47 Å². The summed E-state index contributed by atoms with van der Waals surface area (Å²) in [4.78, 5) is 31.4. The smallest absolute Gasteiger partial charge is 0.310 e. The van der Waals surface area contributed by atoms with E-state index in [1.807, 2.05) is 0 Å². The van der Waals surface area contributed by atoms with E-state index in [1.54, 1.807) is 53.0 Å². The van der Waals surface area contributed by atoms with Gasteiger partial charge >= 0.3 is 5.97 Å². The van der Waals surface area contributed by atoms with Crippen LogP contribution in [-0.4, -0.2) is 58.3 Å². The molecule has 33 heavy (non-hydrogen) atoms. The van der Waals surface area contributed by atoms with Gasteiger partial charge in [0.05, 0.1) is 37.2 Å². The average Bonchev–Trinajstić information content (AvgIpc) is 3.30. The maximum absolute atomic E-state index is 13.5. The highest BCUT2D eigenvalue weighted by molar-refractivity contribution is 5.94. The molecule has 3 aromatic rings. The molecule has 0 saturated carbocycles. The number of esters is 1. The van der Waals surface area contributed by atoms with Gasteiger partial charge in [-0.3, -0.25) is 9.59 Å². The maximum atomic E-state index is 13.5. The molecule has 1 fully saturated rings. The van der Waals surface area contributed by atoms with Crippen LogP contribution in [-0.2, 0) is 9.53 Å². The molecule has 0 spiro atoms. The number of aromatic nitrogens is 3. The number of hydrogen-bond acceptors (Lipinski definition) is 6. The minimum absolute atomic E-state index is 0.231. The predicted molar refractivity (Wildman–Crippen MR) is 119 cm³/mol. The van der Waals surface area contributed by atoms with Crippen LogP contribution < -0.4 is 4.74 Å². The molecule has 0 aliphatic carbocycles. The Labute approximate surface area is 190 Å². The molecular weight excluding hydrogens is 427 g/mol. The lowest BCUT2D eigenvalue weighted by molar-refractivity contribution is -0.149. The molecule has 8 nitrogen and oxygen atoms in total. The number of pyridine rings is 1.